The Labute approximate surface area is 149 Å². The number of ketones is 1. The van der Waals surface area contributed by atoms with Gasteiger partial charge in [0, 0.05) is 35.6 Å². The highest BCUT2D eigenvalue weighted by Gasteiger charge is 2.12. The number of hydrogen-bond acceptors (Lipinski definition) is 2. The van der Waals surface area contributed by atoms with Crippen LogP contribution in [0.2, 0.25) is 0 Å². The number of carbonyl (C=O) groups is 2. The number of aromatic nitrogens is 1. The van der Waals surface area contributed by atoms with Crippen LogP contribution < -0.4 is 0 Å². The predicted octanol–water partition coefficient (Wildman–Crippen LogP) is 5.22. The van der Waals surface area contributed by atoms with E-state index in [0.29, 0.717) is 18.5 Å². The van der Waals surface area contributed by atoms with E-state index in [-0.39, 0.29) is 12.2 Å². The zero-order valence-corrected chi connectivity index (χ0v) is 14.9. The van der Waals surface area contributed by atoms with Gasteiger partial charge in [0.2, 0.25) is 0 Å². The van der Waals surface area contributed by atoms with Crippen LogP contribution in [-0.4, -0.2) is 21.4 Å². The van der Waals surface area contributed by atoms with Gasteiger partial charge in [-0.2, -0.15) is 0 Å². The third-order valence-corrected chi connectivity index (χ3v) is 4.34. The average molecular weight is 341 g/mol. The highest BCUT2D eigenvalue weighted by atomic mass is 16.4. The summed E-state index contributed by atoms with van der Waals surface area (Å²) in [7, 11) is 0. The molecule has 1 aromatic carbocycles. The Morgan fingerprint density at radius 3 is 2.68 bits per heavy atom. The number of carbonyl (C=O) groups excluding carboxylic acids is 1. The molecule has 4 heteroatoms. The molecule has 0 saturated heterocycles. The second-order valence-corrected chi connectivity index (χ2v) is 6.37. The number of aliphatic carboxylic acids is 1. The molecule has 0 fully saturated rings. The first-order chi connectivity index (χ1) is 12.1. The topological polar surface area (TPSA) is 59.3 Å². The minimum absolute atomic E-state index is 0.0173. The fourth-order valence-corrected chi connectivity index (χ4v) is 3.00. The maximum atomic E-state index is 12.5. The molecule has 0 aliphatic heterocycles. The Hall–Kier alpha value is -2.36. The van der Waals surface area contributed by atoms with Crippen LogP contribution in [0.1, 0.15) is 62.2 Å². The van der Waals surface area contributed by atoms with Gasteiger partial charge in [-0.1, -0.05) is 50.5 Å². The van der Waals surface area contributed by atoms with Crippen molar-refractivity contribution in [3.8, 4) is 0 Å². The lowest BCUT2D eigenvalue weighted by atomic mass is 10.1. The van der Waals surface area contributed by atoms with Gasteiger partial charge in [-0.15, -0.1) is 0 Å². The number of nitrogens with zero attached hydrogens (tertiary/aromatic N) is 1. The minimum Gasteiger partial charge on any atom is -0.481 e. The molecular formula is C21H27NO3. The van der Waals surface area contributed by atoms with Crippen molar-refractivity contribution in [2.75, 3.05) is 0 Å². The van der Waals surface area contributed by atoms with Gasteiger partial charge in [-0.3, -0.25) is 9.59 Å². The van der Waals surface area contributed by atoms with E-state index in [1.54, 1.807) is 6.08 Å². The fraction of sp³-hybridized carbons (Fsp3) is 0.429. The Balaban J connectivity index is 2.08. The fourth-order valence-electron chi connectivity index (χ4n) is 3.00. The molecule has 1 aromatic heterocycles. The number of hydrogen-bond donors (Lipinski definition) is 1. The second kappa shape index (κ2) is 9.82. The van der Waals surface area contributed by atoms with Crippen LogP contribution in [0, 0.1) is 0 Å². The summed E-state index contributed by atoms with van der Waals surface area (Å²) in [6, 6.07) is 7.79. The standard InChI is InChI=1S/C21H27NO3/c1-2-3-4-5-6-7-13-20(23)18-16-22(15-10-14-21(24)25)19-12-9-8-11-17(18)19/h7-9,11-13,16H,2-6,10,14-15H2,1H3,(H,24,25). The Bertz CT molecular complexity index is 743. The molecule has 0 aliphatic rings. The molecule has 0 saturated carbocycles. The minimum atomic E-state index is -0.793. The lowest BCUT2D eigenvalue weighted by Gasteiger charge is -2.03. The van der Waals surface area contributed by atoms with E-state index < -0.39 is 5.97 Å². The molecule has 0 unspecified atom stereocenters. The van der Waals surface area contributed by atoms with E-state index in [1.807, 2.05) is 41.1 Å². The van der Waals surface area contributed by atoms with E-state index in [9.17, 15) is 9.59 Å². The summed E-state index contributed by atoms with van der Waals surface area (Å²) in [5, 5.41) is 9.73. The van der Waals surface area contributed by atoms with Gasteiger partial charge in [0.25, 0.3) is 0 Å². The van der Waals surface area contributed by atoms with Gasteiger partial charge < -0.3 is 9.67 Å². The summed E-state index contributed by atoms with van der Waals surface area (Å²) in [6.07, 6.45) is 11.9. The van der Waals surface area contributed by atoms with Crippen molar-refractivity contribution in [1.82, 2.24) is 4.57 Å². The van der Waals surface area contributed by atoms with Gasteiger partial charge in [-0.25, -0.2) is 0 Å². The van der Waals surface area contributed by atoms with Crippen LogP contribution in [0.15, 0.2) is 42.6 Å². The molecule has 0 spiro atoms. The summed E-state index contributed by atoms with van der Waals surface area (Å²) in [5.74, 6) is -0.776. The van der Waals surface area contributed by atoms with Crippen molar-refractivity contribution < 1.29 is 14.7 Å². The number of para-hydroxylation sites is 1. The van der Waals surface area contributed by atoms with Crippen molar-refractivity contribution >= 4 is 22.7 Å². The summed E-state index contributed by atoms with van der Waals surface area (Å²) in [4.78, 5) is 23.3. The maximum Gasteiger partial charge on any atom is 0.303 e. The molecular weight excluding hydrogens is 314 g/mol. The Kier molecular flexibility index (Phi) is 7.45. The molecule has 2 rings (SSSR count). The zero-order valence-electron chi connectivity index (χ0n) is 14.9. The molecule has 0 amide bonds. The molecule has 1 heterocycles. The normalized spacial score (nSPS) is 11.4. The van der Waals surface area contributed by atoms with E-state index in [0.717, 1.165) is 23.7 Å². The maximum absolute atomic E-state index is 12.5. The first kappa shape index (κ1) is 19.0. The number of fused-ring (bicyclic) bond motifs is 1. The molecule has 4 nitrogen and oxygen atoms in total. The first-order valence-corrected chi connectivity index (χ1v) is 9.14. The van der Waals surface area contributed by atoms with E-state index in [2.05, 4.69) is 6.92 Å². The monoisotopic (exact) mass is 341 g/mol. The highest BCUT2D eigenvalue weighted by molar-refractivity contribution is 6.13. The third kappa shape index (κ3) is 5.59. The summed E-state index contributed by atoms with van der Waals surface area (Å²) >= 11 is 0. The summed E-state index contributed by atoms with van der Waals surface area (Å²) < 4.78 is 1.99. The third-order valence-electron chi connectivity index (χ3n) is 4.34. The van der Waals surface area contributed by atoms with Crippen LogP contribution in [0.25, 0.3) is 10.9 Å². The van der Waals surface area contributed by atoms with Crippen LogP contribution >= 0.6 is 0 Å². The molecule has 1 N–H and O–H groups in total. The van der Waals surface area contributed by atoms with Gasteiger partial charge in [0.05, 0.1) is 0 Å². The number of unbranched alkanes of at least 4 members (excludes halogenated alkanes) is 4. The Morgan fingerprint density at radius 1 is 1.12 bits per heavy atom. The van der Waals surface area contributed by atoms with Crippen LogP contribution in [0.3, 0.4) is 0 Å². The highest BCUT2D eigenvalue weighted by Crippen LogP contribution is 2.23. The lowest BCUT2D eigenvalue weighted by molar-refractivity contribution is -0.137. The number of benzene rings is 1. The smallest absolute Gasteiger partial charge is 0.303 e. The quantitative estimate of drug-likeness (QED) is 0.346. The summed E-state index contributed by atoms with van der Waals surface area (Å²) in [6.45, 7) is 2.78. The van der Waals surface area contributed by atoms with Gasteiger partial charge >= 0.3 is 5.97 Å². The van der Waals surface area contributed by atoms with E-state index in [4.69, 9.17) is 5.11 Å². The predicted molar refractivity (Wildman–Crippen MR) is 101 cm³/mol. The largest absolute Gasteiger partial charge is 0.481 e. The molecule has 2 aromatic rings. The van der Waals surface area contributed by atoms with E-state index >= 15 is 0 Å². The van der Waals surface area contributed by atoms with E-state index in [1.165, 1.54) is 19.3 Å². The molecule has 0 aliphatic carbocycles. The van der Waals surface area contributed by atoms with Crippen LogP contribution in [0.4, 0.5) is 0 Å². The van der Waals surface area contributed by atoms with Crippen molar-refractivity contribution in [3.05, 3.63) is 48.2 Å². The molecule has 0 atom stereocenters. The number of carboxylic acid groups (broad SMARTS) is 1. The van der Waals surface area contributed by atoms with Crippen LogP contribution in [-0.2, 0) is 11.3 Å². The van der Waals surface area contributed by atoms with Crippen molar-refractivity contribution in [2.24, 2.45) is 0 Å². The molecule has 25 heavy (non-hydrogen) atoms. The van der Waals surface area contributed by atoms with Gasteiger partial charge in [0.1, 0.15) is 0 Å². The SMILES string of the molecule is CCCCCCC=CC(=O)c1cn(CCCC(=O)O)c2ccccc12. The molecule has 0 radical (unpaired) electrons. The zero-order chi connectivity index (χ0) is 18.1. The van der Waals surface area contributed by atoms with Crippen molar-refractivity contribution in [3.63, 3.8) is 0 Å². The summed E-state index contributed by atoms with van der Waals surface area (Å²) in [5.41, 5.74) is 1.67. The molecule has 0 bridgehead atoms. The van der Waals surface area contributed by atoms with Gasteiger partial charge in [0.15, 0.2) is 5.78 Å². The Morgan fingerprint density at radius 2 is 1.92 bits per heavy atom. The first-order valence-electron chi connectivity index (χ1n) is 9.14. The lowest BCUT2D eigenvalue weighted by Crippen LogP contribution is -2.01. The second-order valence-electron chi connectivity index (χ2n) is 6.37. The van der Waals surface area contributed by atoms with Crippen molar-refractivity contribution in [2.45, 2.75) is 58.4 Å². The van der Waals surface area contributed by atoms with Crippen molar-refractivity contribution in [1.29, 1.82) is 0 Å². The number of carboxylic acids is 1. The number of allylic oxidation sites excluding steroid dienone is 2. The number of rotatable bonds is 11. The molecule has 134 valence electrons. The van der Waals surface area contributed by atoms with Crippen LogP contribution in [0.5, 0.6) is 0 Å². The van der Waals surface area contributed by atoms with Gasteiger partial charge in [-0.05, 0) is 31.4 Å². The number of aryl methyl sites for hydroxylation is 1. The average Bonchev–Trinajstić information content (AvgIpc) is 2.97.